The molecule has 0 aromatic heterocycles. The Hall–Kier alpha value is -0.480. The molecule has 6 heavy (non-hydrogen) atoms. The highest BCUT2D eigenvalue weighted by Gasteiger charge is 2.19. The summed E-state index contributed by atoms with van der Waals surface area (Å²) in [5, 5.41) is 0. The Labute approximate surface area is 37.3 Å². The fourth-order valence-electron chi connectivity index (χ4n) is 0.317. The van der Waals surface area contributed by atoms with E-state index in [0.29, 0.717) is 6.10 Å². The smallest absolute Gasteiger partial charge is 0.0918 e. The zero-order valence-corrected chi connectivity index (χ0v) is 3.48. The molecule has 0 aliphatic carbocycles. The molecule has 0 aromatic rings. The highest BCUT2D eigenvalue weighted by molar-refractivity contribution is 4.90. The van der Waals surface area contributed by atoms with Crippen molar-refractivity contribution in [3.05, 3.63) is 0 Å². The first-order chi connectivity index (χ1) is 2.93. The molecular weight excluding hydrogens is 76.1 g/mol. The van der Waals surface area contributed by atoms with Crippen LogP contribution in [0.15, 0.2) is 0 Å². The molecule has 0 spiro atoms. The van der Waals surface area contributed by atoms with Gasteiger partial charge in [-0.1, -0.05) is 0 Å². The van der Waals surface area contributed by atoms with Crippen molar-refractivity contribution in [1.82, 2.24) is 0 Å². The van der Waals surface area contributed by atoms with Gasteiger partial charge in [0.1, 0.15) is 0 Å². The van der Waals surface area contributed by atoms with Gasteiger partial charge in [0.15, 0.2) is 0 Å². The Kier molecular flexibility index (Phi) is 0.813. The fourth-order valence-corrected chi connectivity index (χ4v) is 0.317. The van der Waals surface area contributed by atoms with Crippen molar-refractivity contribution < 1.29 is 4.74 Å². The van der Waals surface area contributed by atoms with Gasteiger partial charge < -0.3 is 4.74 Å². The summed E-state index contributed by atoms with van der Waals surface area (Å²) in [6.07, 6.45) is 6.14. The van der Waals surface area contributed by atoms with E-state index in [1.54, 1.807) is 0 Å². The van der Waals surface area contributed by atoms with E-state index in [9.17, 15) is 0 Å². The zero-order valence-electron chi connectivity index (χ0n) is 3.48. The van der Waals surface area contributed by atoms with Gasteiger partial charge in [0.25, 0.3) is 0 Å². The molecule has 1 atom stereocenters. The van der Waals surface area contributed by atoms with Crippen LogP contribution in [0.5, 0.6) is 0 Å². The molecule has 0 amide bonds. The van der Waals surface area contributed by atoms with Crippen LogP contribution in [0, 0.1) is 12.3 Å². The minimum absolute atomic E-state index is 0.412. The SMILES string of the molecule is C#CCC1CO1. The Morgan fingerprint density at radius 1 is 2.00 bits per heavy atom. The molecule has 1 fully saturated rings. The molecular formula is C5H6O. The molecule has 1 rings (SSSR count). The lowest BCUT2D eigenvalue weighted by atomic mass is 10.4. The maximum absolute atomic E-state index is 4.94. The summed E-state index contributed by atoms with van der Waals surface area (Å²) in [7, 11) is 0. The van der Waals surface area contributed by atoms with Crippen LogP contribution < -0.4 is 0 Å². The Morgan fingerprint density at radius 3 is 2.83 bits per heavy atom. The summed E-state index contributed by atoms with van der Waals surface area (Å²) in [5.41, 5.74) is 0. The molecule has 0 radical (unpaired) electrons. The lowest BCUT2D eigenvalue weighted by molar-refractivity contribution is 0.412. The fraction of sp³-hybridized carbons (Fsp3) is 0.600. The van der Waals surface area contributed by atoms with Crippen LogP contribution in [0.1, 0.15) is 6.42 Å². The normalized spacial score (nSPS) is 28.8. The van der Waals surface area contributed by atoms with Crippen molar-refractivity contribution in [1.29, 1.82) is 0 Å². The molecule has 1 nitrogen and oxygen atoms in total. The van der Waals surface area contributed by atoms with Crippen LogP contribution in [0.25, 0.3) is 0 Å². The minimum Gasteiger partial charge on any atom is -0.372 e. The third-order valence-corrected chi connectivity index (χ3v) is 0.748. The first-order valence-corrected chi connectivity index (χ1v) is 1.98. The number of hydrogen-bond donors (Lipinski definition) is 0. The van der Waals surface area contributed by atoms with Crippen molar-refractivity contribution in [2.75, 3.05) is 6.61 Å². The molecule has 0 aromatic carbocycles. The maximum Gasteiger partial charge on any atom is 0.0918 e. The van der Waals surface area contributed by atoms with E-state index in [2.05, 4.69) is 5.92 Å². The Morgan fingerprint density at radius 2 is 2.67 bits per heavy atom. The molecule has 0 bridgehead atoms. The van der Waals surface area contributed by atoms with Gasteiger partial charge in [0, 0.05) is 6.42 Å². The van der Waals surface area contributed by atoms with Gasteiger partial charge in [-0.2, -0.15) is 0 Å². The Balaban J connectivity index is 2.05. The minimum atomic E-state index is 0.412. The standard InChI is InChI=1S/C5H6O/c1-2-3-5-4-6-5/h1,5H,3-4H2. The lowest BCUT2D eigenvalue weighted by Crippen LogP contribution is -1.76. The summed E-state index contributed by atoms with van der Waals surface area (Å²) in [4.78, 5) is 0. The van der Waals surface area contributed by atoms with Crippen LogP contribution in [0.2, 0.25) is 0 Å². The van der Waals surface area contributed by atoms with Gasteiger partial charge in [-0.25, -0.2) is 0 Å². The first kappa shape index (κ1) is 3.70. The Bertz CT molecular complexity index is 76.4. The number of hydrogen-bond acceptors (Lipinski definition) is 1. The van der Waals surface area contributed by atoms with E-state index in [-0.39, 0.29) is 0 Å². The summed E-state index contributed by atoms with van der Waals surface area (Å²) in [5.74, 6) is 2.50. The molecule has 0 saturated carbocycles. The van der Waals surface area contributed by atoms with Crippen molar-refractivity contribution in [2.24, 2.45) is 0 Å². The quantitative estimate of drug-likeness (QED) is 0.329. The van der Waals surface area contributed by atoms with E-state index in [0.717, 1.165) is 13.0 Å². The summed E-state index contributed by atoms with van der Waals surface area (Å²) < 4.78 is 4.81. The molecule has 1 unspecified atom stereocenters. The van der Waals surface area contributed by atoms with Gasteiger partial charge >= 0.3 is 0 Å². The zero-order chi connectivity index (χ0) is 4.41. The topological polar surface area (TPSA) is 12.5 Å². The van der Waals surface area contributed by atoms with E-state index in [4.69, 9.17) is 11.2 Å². The van der Waals surface area contributed by atoms with Crippen molar-refractivity contribution in [2.45, 2.75) is 12.5 Å². The lowest BCUT2D eigenvalue weighted by Gasteiger charge is -1.70. The van der Waals surface area contributed by atoms with Crippen LogP contribution in [-0.4, -0.2) is 12.7 Å². The highest BCUT2D eigenvalue weighted by Crippen LogP contribution is 2.10. The van der Waals surface area contributed by atoms with Crippen molar-refractivity contribution in [3.8, 4) is 12.3 Å². The highest BCUT2D eigenvalue weighted by atomic mass is 16.6. The summed E-state index contributed by atoms with van der Waals surface area (Å²) in [6.45, 7) is 0.879. The van der Waals surface area contributed by atoms with Gasteiger partial charge in [-0.05, 0) is 0 Å². The van der Waals surface area contributed by atoms with Crippen LogP contribution in [-0.2, 0) is 4.74 Å². The largest absolute Gasteiger partial charge is 0.372 e. The summed E-state index contributed by atoms with van der Waals surface area (Å²) in [6, 6.07) is 0. The van der Waals surface area contributed by atoms with Crippen molar-refractivity contribution >= 4 is 0 Å². The van der Waals surface area contributed by atoms with Gasteiger partial charge in [0.05, 0.1) is 12.7 Å². The molecule has 1 heterocycles. The third kappa shape index (κ3) is 0.734. The van der Waals surface area contributed by atoms with Crippen LogP contribution in [0.4, 0.5) is 0 Å². The monoisotopic (exact) mass is 82.0 g/mol. The number of terminal acetylenes is 1. The maximum atomic E-state index is 4.94. The second-order valence-electron chi connectivity index (χ2n) is 1.36. The van der Waals surface area contributed by atoms with Crippen LogP contribution >= 0.6 is 0 Å². The van der Waals surface area contributed by atoms with Crippen LogP contribution in [0.3, 0.4) is 0 Å². The third-order valence-electron chi connectivity index (χ3n) is 0.748. The number of rotatable bonds is 1. The summed E-state index contributed by atoms with van der Waals surface area (Å²) >= 11 is 0. The molecule has 32 valence electrons. The van der Waals surface area contributed by atoms with E-state index >= 15 is 0 Å². The first-order valence-electron chi connectivity index (χ1n) is 1.98. The van der Waals surface area contributed by atoms with Gasteiger partial charge in [-0.3, -0.25) is 0 Å². The number of ether oxygens (including phenoxy) is 1. The second-order valence-corrected chi connectivity index (χ2v) is 1.36. The average Bonchev–Trinajstić information content (AvgIpc) is 2.21. The molecule has 1 aliphatic heterocycles. The molecule has 1 heteroatoms. The number of epoxide rings is 1. The predicted octanol–water partition coefficient (Wildman–Crippen LogP) is 0.408. The van der Waals surface area contributed by atoms with E-state index in [1.807, 2.05) is 0 Å². The predicted molar refractivity (Wildman–Crippen MR) is 23.2 cm³/mol. The second kappa shape index (κ2) is 1.32. The molecule has 1 aliphatic rings. The average molecular weight is 82.1 g/mol. The van der Waals surface area contributed by atoms with E-state index < -0.39 is 0 Å². The van der Waals surface area contributed by atoms with Gasteiger partial charge in [0.2, 0.25) is 0 Å². The molecule has 0 N–H and O–H groups in total. The van der Waals surface area contributed by atoms with Gasteiger partial charge in [-0.15, -0.1) is 12.3 Å². The van der Waals surface area contributed by atoms with E-state index in [1.165, 1.54) is 0 Å². The van der Waals surface area contributed by atoms with Crippen molar-refractivity contribution in [3.63, 3.8) is 0 Å². The molecule has 1 saturated heterocycles.